The summed E-state index contributed by atoms with van der Waals surface area (Å²) in [7, 11) is 0. The van der Waals surface area contributed by atoms with Gasteiger partial charge in [0, 0.05) is 18.3 Å². The van der Waals surface area contributed by atoms with E-state index in [-0.39, 0.29) is 11.9 Å². The molecular formula is C15H20N4O2. The lowest BCUT2D eigenvalue weighted by Crippen LogP contribution is -2.55. The molecule has 1 N–H and O–H groups in total. The van der Waals surface area contributed by atoms with E-state index < -0.39 is 6.04 Å². The third-order valence-electron chi connectivity index (χ3n) is 3.27. The van der Waals surface area contributed by atoms with Gasteiger partial charge in [-0.15, -0.1) is 0 Å². The van der Waals surface area contributed by atoms with Crippen molar-refractivity contribution in [2.45, 2.75) is 32.9 Å². The van der Waals surface area contributed by atoms with E-state index >= 15 is 0 Å². The minimum Gasteiger partial charge on any atom is -0.377 e. The molecule has 1 atom stereocenters. The van der Waals surface area contributed by atoms with E-state index in [1.807, 2.05) is 25.7 Å². The number of ether oxygens (including phenoxy) is 1. The Hall–Kier alpha value is -2.13. The van der Waals surface area contributed by atoms with Crippen molar-refractivity contribution in [2.75, 3.05) is 24.7 Å². The highest BCUT2D eigenvalue weighted by Gasteiger charge is 2.32. The smallest absolute Gasteiger partial charge is 0.245 e. The number of amides is 1. The monoisotopic (exact) mass is 288 g/mol. The minimum absolute atomic E-state index is 0.0576. The zero-order valence-corrected chi connectivity index (χ0v) is 12.6. The lowest BCUT2D eigenvalue weighted by molar-refractivity contribution is -0.125. The number of aryl methyl sites for hydroxylation is 1. The number of nitriles is 1. The number of morpholine rings is 1. The van der Waals surface area contributed by atoms with Gasteiger partial charge in [-0.25, -0.2) is 4.98 Å². The predicted molar refractivity (Wildman–Crippen MR) is 78.9 cm³/mol. The fourth-order valence-corrected chi connectivity index (χ4v) is 2.30. The molecule has 1 unspecified atom stereocenters. The maximum absolute atomic E-state index is 12.3. The van der Waals surface area contributed by atoms with E-state index in [4.69, 9.17) is 4.74 Å². The lowest BCUT2D eigenvalue weighted by atomic mass is 10.1. The molecule has 6 nitrogen and oxygen atoms in total. The van der Waals surface area contributed by atoms with Crippen LogP contribution in [0, 0.1) is 18.3 Å². The number of hydrogen-bond donors (Lipinski definition) is 1. The summed E-state index contributed by atoms with van der Waals surface area (Å²) in [5.41, 5.74) is 1.29. The molecule has 1 aromatic heterocycles. The van der Waals surface area contributed by atoms with Crippen LogP contribution in [0.2, 0.25) is 0 Å². The Labute approximate surface area is 124 Å². The van der Waals surface area contributed by atoms with Crippen LogP contribution in [-0.2, 0) is 9.53 Å². The molecule has 2 heterocycles. The molecule has 6 heteroatoms. The first-order valence-corrected chi connectivity index (χ1v) is 7.05. The van der Waals surface area contributed by atoms with Gasteiger partial charge in [-0.2, -0.15) is 5.26 Å². The molecule has 0 spiro atoms. The summed E-state index contributed by atoms with van der Waals surface area (Å²) in [4.78, 5) is 18.6. The SMILES string of the molecule is Cc1ccc(C#N)c(N2CCOCC2C(=O)NC(C)C)n1. The largest absolute Gasteiger partial charge is 0.377 e. The molecule has 1 saturated heterocycles. The van der Waals surface area contributed by atoms with E-state index in [1.165, 1.54) is 0 Å². The van der Waals surface area contributed by atoms with E-state index in [0.29, 0.717) is 31.1 Å². The standard InChI is InChI=1S/C15H20N4O2/c1-10(2)17-15(20)13-9-21-7-6-19(13)14-12(8-16)5-4-11(3)18-14/h4-5,10,13H,6-7,9H2,1-3H3,(H,17,20). The van der Waals surface area contributed by atoms with Gasteiger partial charge in [-0.05, 0) is 32.9 Å². The van der Waals surface area contributed by atoms with E-state index in [2.05, 4.69) is 16.4 Å². The van der Waals surface area contributed by atoms with Crippen LogP contribution in [0.3, 0.4) is 0 Å². The molecule has 1 aromatic rings. The van der Waals surface area contributed by atoms with Crippen LogP contribution in [-0.4, -0.2) is 42.7 Å². The van der Waals surface area contributed by atoms with Gasteiger partial charge in [-0.1, -0.05) is 0 Å². The molecule has 1 aliphatic heterocycles. The third-order valence-corrected chi connectivity index (χ3v) is 3.27. The van der Waals surface area contributed by atoms with Crippen LogP contribution >= 0.6 is 0 Å². The number of aromatic nitrogens is 1. The highest BCUT2D eigenvalue weighted by atomic mass is 16.5. The molecular weight excluding hydrogens is 268 g/mol. The summed E-state index contributed by atoms with van der Waals surface area (Å²) in [6, 6.07) is 5.28. The number of hydrogen-bond acceptors (Lipinski definition) is 5. The Bertz CT molecular complexity index is 565. The highest BCUT2D eigenvalue weighted by Crippen LogP contribution is 2.22. The van der Waals surface area contributed by atoms with Gasteiger partial charge in [0.1, 0.15) is 17.9 Å². The molecule has 0 aromatic carbocycles. The summed E-state index contributed by atoms with van der Waals surface area (Å²) < 4.78 is 5.43. The van der Waals surface area contributed by atoms with Crippen LogP contribution in [0.1, 0.15) is 25.1 Å². The maximum Gasteiger partial charge on any atom is 0.245 e. The molecule has 21 heavy (non-hydrogen) atoms. The molecule has 0 bridgehead atoms. The number of carbonyl (C=O) groups excluding carboxylic acids is 1. The Morgan fingerprint density at radius 1 is 1.57 bits per heavy atom. The zero-order chi connectivity index (χ0) is 15.4. The second kappa shape index (κ2) is 6.55. The van der Waals surface area contributed by atoms with Crippen molar-refractivity contribution in [1.29, 1.82) is 5.26 Å². The number of anilines is 1. The quantitative estimate of drug-likeness (QED) is 0.897. The topological polar surface area (TPSA) is 78.2 Å². The first-order chi connectivity index (χ1) is 10.0. The molecule has 1 amide bonds. The number of carbonyl (C=O) groups is 1. The average Bonchev–Trinajstić information content (AvgIpc) is 2.46. The van der Waals surface area contributed by atoms with E-state index in [1.54, 1.807) is 12.1 Å². The van der Waals surface area contributed by atoms with Gasteiger partial charge in [-0.3, -0.25) is 4.79 Å². The van der Waals surface area contributed by atoms with Crippen LogP contribution < -0.4 is 10.2 Å². The van der Waals surface area contributed by atoms with Gasteiger partial charge >= 0.3 is 0 Å². The molecule has 1 aliphatic rings. The van der Waals surface area contributed by atoms with Gasteiger partial charge in [0.05, 0.1) is 18.8 Å². The number of nitrogens with zero attached hydrogens (tertiary/aromatic N) is 3. The fourth-order valence-electron chi connectivity index (χ4n) is 2.30. The summed E-state index contributed by atoms with van der Waals surface area (Å²) >= 11 is 0. The van der Waals surface area contributed by atoms with Crippen LogP contribution in [0.5, 0.6) is 0 Å². The second-order valence-electron chi connectivity index (χ2n) is 5.38. The van der Waals surface area contributed by atoms with Crippen molar-refractivity contribution in [3.05, 3.63) is 23.4 Å². The molecule has 1 fully saturated rings. The normalized spacial score (nSPS) is 18.4. The number of rotatable bonds is 3. The fraction of sp³-hybridized carbons (Fsp3) is 0.533. The summed E-state index contributed by atoms with van der Waals surface area (Å²) in [6.45, 7) is 7.07. The third kappa shape index (κ3) is 3.50. The first-order valence-electron chi connectivity index (χ1n) is 7.05. The van der Waals surface area contributed by atoms with Gasteiger partial charge in [0.2, 0.25) is 5.91 Å². The Kier molecular flexibility index (Phi) is 4.76. The molecule has 2 rings (SSSR count). The maximum atomic E-state index is 12.3. The minimum atomic E-state index is -0.456. The highest BCUT2D eigenvalue weighted by molar-refractivity contribution is 5.86. The molecule has 0 aliphatic carbocycles. The Morgan fingerprint density at radius 3 is 3.00 bits per heavy atom. The second-order valence-corrected chi connectivity index (χ2v) is 5.38. The zero-order valence-electron chi connectivity index (χ0n) is 12.6. The van der Waals surface area contributed by atoms with Crippen molar-refractivity contribution in [3.8, 4) is 6.07 Å². The summed E-state index contributed by atoms with van der Waals surface area (Å²) in [5, 5.41) is 12.2. The average molecular weight is 288 g/mol. The van der Waals surface area contributed by atoms with Gasteiger partial charge in [0.25, 0.3) is 0 Å². The summed E-state index contributed by atoms with van der Waals surface area (Å²) in [5.74, 6) is 0.460. The van der Waals surface area contributed by atoms with Crippen molar-refractivity contribution < 1.29 is 9.53 Å². The Balaban J connectivity index is 2.33. The molecule has 0 radical (unpaired) electrons. The van der Waals surface area contributed by atoms with Crippen molar-refractivity contribution in [3.63, 3.8) is 0 Å². The molecule has 0 saturated carbocycles. The number of nitrogens with one attached hydrogen (secondary N) is 1. The molecule has 112 valence electrons. The van der Waals surface area contributed by atoms with Crippen molar-refractivity contribution in [2.24, 2.45) is 0 Å². The number of pyridine rings is 1. The first kappa shape index (κ1) is 15.3. The lowest BCUT2D eigenvalue weighted by Gasteiger charge is -2.36. The van der Waals surface area contributed by atoms with Crippen molar-refractivity contribution >= 4 is 11.7 Å². The van der Waals surface area contributed by atoms with Crippen LogP contribution in [0.25, 0.3) is 0 Å². The van der Waals surface area contributed by atoms with Gasteiger partial charge in [0.15, 0.2) is 0 Å². The van der Waals surface area contributed by atoms with Crippen molar-refractivity contribution in [1.82, 2.24) is 10.3 Å². The van der Waals surface area contributed by atoms with E-state index in [9.17, 15) is 10.1 Å². The van der Waals surface area contributed by atoms with Gasteiger partial charge < -0.3 is 15.0 Å². The van der Waals surface area contributed by atoms with Crippen LogP contribution in [0.15, 0.2) is 12.1 Å². The summed E-state index contributed by atoms with van der Waals surface area (Å²) in [6.07, 6.45) is 0. The Morgan fingerprint density at radius 2 is 2.33 bits per heavy atom. The van der Waals surface area contributed by atoms with Crippen LogP contribution in [0.4, 0.5) is 5.82 Å². The predicted octanol–water partition coefficient (Wildman–Crippen LogP) is 0.991. The van der Waals surface area contributed by atoms with E-state index in [0.717, 1.165) is 5.69 Å².